The Labute approximate surface area is 214 Å². The molecule has 3 aliphatic heterocycles. The van der Waals surface area contributed by atoms with E-state index in [0.717, 1.165) is 38.3 Å². The molecular formula is C28H32N6O3. The molecule has 3 aliphatic rings. The zero-order valence-corrected chi connectivity index (χ0v) is 21.1. The predicted octanol–water partition coefficient (Wildman–Crippen LogP) is 3.47. The van der Waals surface area contributed by atoms with E-state index in [1.54, 1.807) is 10.7 Å². The van der Waals surface area contributed by atoms with Crippen molar-refractivity contribution in [3.63, 3.8) is 0 Å². The van der Waals surface area contributed by atoms with Crippen LogP contribution in [0, 0.1) is 0 Å². The fourth-order valence-corrected chi connectivity index (χ4v) is 6.32. The first-order valence-electron chi connectivity index (χ1n) is 13.5. The Bertz CT molecular complexity index is 1610. The summed E-state index contributed by atoms with van der Waals surface area (Å²) in [5, 5.41) is 3.84. The largest absolute Gasteiger partial charge is 0.487 e. The number of nitrogens with one attached hydrogen (secondary N) is 2. The second-order valence-corrected chi connectivity index (χ2v) is 10.8. The molecule has 5 heterocycles. The summed E-state index contributed by atoms with van der Waals surface area (Å²) in [4.78, 5) is 39.4. The molecule has 0 saturated carbocycles. The van der Waals surface area contributed by atoms with Crippen LogP contribution >= 0.6 is 0 Å². The number of hydrogen-bond acceptors (Lipinski definition) is 6. The van der Waals surface area contributed by atoms with E-state index in [0.29, 0.717) is 45.8 Å². The second kappa shape index (κ2) is 8.76. The summed E-state index contributed by atoms with van der Waals surface area (Å²) in [7, 11) is 0. The number of rotatable bonds is 1. The predicted molar refractivity (Wildman–Crippen MR) is 145 cm³/mol. The van der Waals surface area contributed by atoms with Gasteiger partial charge in [0.05, 0.1) is 23.0 Å². The maximum atomic E-state index is 13.4. The maximum absolute atomic E-state index is 13.4. The molecular weight excluding hydrogens is 468 g/mol. The minimum absolute atomic E-state index is 0.0107. The molecule has 2 unspecified atom stereocenters. The van der Waals surface area contributed by atoms with Gasteiger partial charge in [-0.3, -0.25) is 24.3 Å². The van der Waals surface area contributed by atoms with E-state index < -0.39 is 0 Å². The Morgan fingerprint density at radius 2 is 1.86 bits per heavy atom. The van der Waals surface area contributed by atoms with Crippen molar-refractivity contribution in [3.8, 4) is 17.0 Å². The molecule has 0 spiro atoms. The van der Waals surface area contributed by atoms with Gasteiger partial charge in [0, 0.05) is 56.0 Å². The topological polar surface area (TPSA) is 99.3 Å². The molecule has 192 valence electrons. The van der Waals surface area contributed by atoms with Crippen LogP contribution in [-0.2, 0) is 6.54 Å². The fraction of sp³-hybridized carbons (Fsp3) is 0.464. The van der Waals surface area contributed by atoms with Crippen LogP contribution in [0.4, 0.5) is 5.69 Å². The highest BCUT2D eigenvalue weighted by molar-refractivity contribution is 5.94. The third kappa shape index (κ3) is 3.83. The molecule has 0 aliphatic carbocycles. The molecule has 3 atom stereocenters. The zero-order valence-electron chi connectivity index (χ0n) is 21.1. The number of aromatic nitrogens is 4. The van der Waals surface area contributed by atoms with Gasteiger partial charge in [0.25, 0.3) is 11.1 Å². The molecule has 9 heteroatoms. The minimum atomic E-state index is -0.277. The monoisotopic (exact) mass is 500 g/mol. The quantitative estimate of drug-likeness (QED) is 0.415. The van der Waals surface area contributed by atoms with Gasteiger partial charge in [0.15, 0.2) is 0 Å². The first kappa shape index (κ1) is 22.6. The van der Waals surface area contributed by atoms with E-state index in [9.17, 15) is 9.59 Å². The van der Waals surface area contributed by atoms with Gasteiger partial charge in [-0.2, -0.15) is 0 Å². The molecule has 2 N–H and O–H groups in total. The van der Waals surface area contributed by atoms with Gasteiger partial charge in [-0.25, -0.2) is 4.98 Å². The third-order valence-electron chi connectivity index (χ3n) is 8.33. The van der Waals surface area contributed by atoms with Crippen LogP contribution in [0.2, 0.25) is 0 Å². The van der Waals surface area contributed by atoms with Crippen LogP contribution in [-0.4, -0.2) is 63.0 Å². The summed E-state index contributed by atoms with van der Waals surface area (Å²) >= 11 is 0. The summed E-state index contributed by atoms with van der Waals surface area (Å²) in [5.41, 5.74) is 3.59. The van der Waals surface area contributed by atoms with Gasteiger partial charge in [0.2, 0.25) is 0 Å². The number of fused-ring (bicyclic) bond motifs is 5. The van der Waals surface area contributed by atoms with E-state index in [1.165, 1.54) is 25.7 Å². The average Bonchev–Trinajstić information content (AvgIpc) is 3.25. The van der Waals surface area contributed by atoms with Gasteiger partial charge >= 0.3 is 0 Å². The Balaban J connectivity index is 1.46. The van der Waals surface area contributed by atoms with Gasteiger partial charge < -0.3 is 14.6 Å². The summed E-state index contributed by atoms with van der Waals surface area (Å²) in [6.07, 6.45) is 5.74. The number of nitrogens with zero attached hydrogens (tertiary/aromatic N) is 4. The number of benzene rings is 2. The summed E-state index contributed by atoms with van der Waals surface area (Å²) in [5.74, 6) is 0.712. The molecule has 2 fully saturated rings. The molecule has 6 bridgehead atoms. The zero-order chi connectivity index (χ0) is 25.1. The number of anilines is 1. The van der Waals surface area contributed by atoms with Crippen molar-refractivity contribution in [2.24, 2.45) is 0 Å². The van der Waals surface area contributed by atoms with Crippen molar-refractivity contribution < 1.29 is 4.74 Å². The highest BCUT2D eigenvalue weighted by Crippen LogP contribution is 2.34. The van der Waals surface area contributed by atoms with Crippen molar-refractivity contribution in [2.75, 3.05) is 31.1 Å². The Hall–Kier alpha value is -3.59. The van der Waals surface area contributed by atoms with Crippen LogP contribution in [0.25, 0.3) is 33.2 Å². The van der Waals surface area contributed by atoms with E-state index in [4.69, 9.17) is 9.72 Å². The molecule has 9 nitrogen and oxygen atoms in total. The first-order chi connectivity index (χ1) is 18.0. The van der Waals surface area contributed by atoms with E-state index in [2.05, 4.69) is 32.9 Å². The first-order valence-corrected chi connectivity index (χ1v) is 13.5. The number of H-pyrrole nitrogens is 2. The van der Waals surface area contributed by atoms with Crippen LogP contribution in [0.15, 0.2) is 39.9 Å². The SMILES string of the molecule is C[C@@H]1CC2CN1CCn1[nH]c3c(cccc3c1=O)-c1nc3c(cc(N4CCCCCC4)cc3[nH]c1=O)O2. The lowest BCUT2D eigenvalue weighted by Crippen LogP contribution is -2.33. The van der Waals surface area contributed by atoms with Crippen molar-refractivity contribution in [3.05, 3.63) is 51.0 Å². The highest BCUT2D eigenvalue weighted by Gasteiger charge is 2.31. The summed E-state index contributed by atoms with van der Waals surface area (Å²) in [6, 6.07) is 9.96. The smallest absolute Gasteiger partial charge is 0.275 e. The standard InChI is InChI=1S/C28H32N6O3/c1-17-13-19-16-33(17)11-12-34-28(36)21-8-6-7-20(24(21)31-34)25-27(35)29-22-14-18(15-23(37-19)26(22)30-25)32-9-4-2-3-5-10-32/h6-8,14-15,17,19,31H,2-5,9-13,16H2,1H3,(H,29,35)/t17-,19?/m1/s1. The maximum Gasteiger partial charge on any atom is 0.275 e. The molecule has 2 aromatic carbocycles. The number of ether oxygens (including phenoxy) is 1. The van der Waals surface area contributed by atoms with Gasteiger partial charge in [0.1, 0.15) is 23.1 Å². The molecule has 4 aromatic rings. The van der Waals surface area contributed by atoms with Crippen molar-refractivity contribution in [1.29, 1.82) is 0 Å². The highest BCUT2D eigenvalue weighted by atomic mass is 16.5. The van der Waals surface area contributed by atoms with Gasteiger partial charge in [-0.05, 0) is 31.9 Å². The second-order valence-electron chi connectivity index (χ2n) is 10.8. The molecule has 0 amide bonds. The number of hydrogen-bond donors (Lipinski definition) is 2. The van der Waals surface area contributed by atoms with Crippen molar-refractivity contribution in [2.45, 2.75) is 57.7 Å². The van der Waals surface area contributed by atoms with Gasteiger partial charge in [-0.1, -0.05) is 25.0 Å². The number of aromatic amines is 2. The lowest BCUT2D eigenvalue weighted by atomic mass is 10.1. The summed E-state index contributed by atoms with van der Waals surface area (Å²) < 4.78 is 8.34. The Morgan fingerprint density at radius 1 is 1.03 bits per heavy atom. The van der Waals surface area contributed by atoms with Crippen molar-refractivity contribution in [1.82, 2.24) is 24.6 Å². The van der Waals surface area contributed by atoms with E-state index >= 15 is 0 Å². The van der Waals surface area contributed by atoms with Crippen LogP contribution in [0.3, 0.4) is 0 Å². The van der Waals surface area contributed by atoms with Crippen LogP contribution in [0.1, 0.15) is 39.0 Å². The lowest BCUT2D eigenvalue weighted by molar-refractivity contribution is 0.195. The average molecular weight is 501 g/mol. The molecule has 37 heavy (non-hydrogen) atoms. The van der Waals surface area contributed by atoms with Crippen molar-refractivity contribution >= 4 is 27.6 Å². The molecule has 2 aromatic heterocycles. The fourth-order valence-electron chi connectivity index (χ4n) is 6.32. The summed E-state index contributed by atoms with van der Waals surface area (Å²) in [6.45, 7) is 6.29. The minimum Gasteiger partial charge on any atom is -0.487 e. The van der Waals surface area contributed by atoms with E-state index in [1.807, 2.05) is 18.2 Å². The Kier molecular flexibility index (Phi) is 5.35. The van der Waals surface area contributed by atoms with E-state index in [-0.39, 0.29) is 22.9 Å². The van der Waals surface area contributed by atoms with Crippen LogP contribution < -0.4 is 20.8 Å². The molecule has 0 radical (unpaired) electrons. The lowest BCUT2D eigenvalue weighted by Gasteiger charge is -2.25. The van der Waals surface area contributed by atoms with Crippen LogP contribution in [0.5, 0.6) is 5.75 Å². The number of para-hydroxylation sites is 1. The normalized spacial score (nSPS) is 23.9. The molecule has 7 rings (SSSR count). The molecule has 2 saturated heterocycles. The third-order valence-corrected chi connectivity index (χ3v) is 8.33. The van der Waals surface area contributed by atoms with Gasteiger partial charge in [-0.15, -0.1) is 0 Å². The Morgan fingerprint density at radius 3 is 2.70 bits per heavy atom.